The summed E-state index contributed by atoms with van der Waals surface area (Å²) in [5, 5.41) is 17.8. The standard InChI is InChI=1S/C31H28FN5O3/c1-20-4-6-21(7-5-20)29(38)28-27(19-33)30(37(35-28)24-10-8-23(32)9-11-24)34-15-3-16-36-17-14-22-18-25(40-2)12-13-26(22)31(36)39/h4-13,18,34H,3,14-17H2,1-2H3. The van der Waals surface area contributed by atoms with Gasteiger partial charge in [-0.3, -0.25) is 9.59 Å². The Labute approximate surface area is 231 Å². The number of hydrogen-bond acceptors (Lipinski definition) is 6. The number of ether oxygens (including phenoxy) is 1. The molecule has 1 aliphatic rings. The van der Waals surface area contributed by atoms with Gasteiger partial charge in [-0.2, -0.15) is 10.4 Å². The van der Waals surface area contributed by atoms with Crippen molar-refractivity contribution in [3.05, 3.63) is 106 Å². The number of fused-ring (bicyclic) bond motifs is 1. The zero-order valence-electron chi connectivity index (χ0n) is 22.3. The van der Waals surface area contributed by atoms with Crippen LogP contribution in [-0.2, 0) is 6.42 Å². The number of carbonyl (C=O) groups is 2. The number of nitriles is 1. The van der Waals surface area contributed by atoms with E-state index in [4.69, 9.17) is 4.74 Å². The lowest BCUT2D eigenvalue weighted by atomic mass is 9.98. The van der Waals surface area contributed by atoms with E-state index >= 15 is 0 Å². The minimum Gasteiger partial charge on any atom is -0.497 e. The molecule has 2 heterocycles. The fourth-order valence-corrected chi connectivity index (χ4v) is 4.79. The number of ketones is 1. The topological polar surface area (TPSA) is 100 Å². The predicted octanol–water partition coefficient (Wildman–Crippen LogP) is 4.93. The lowest BCUT2D eigenvalue weighted by molar-refractivity contribution is 0.0739. The highest BCUT2D eigenvalue weighted by molar-refractivity contribution is 6.10. The highest BCUT2D eigenvalue weighted by Gasteiger charge is 2.26. The highest BCUT2D eigenvalue weighted by Crippen LogP contribution is 2.27. The van der Waals surface area contributed by atoms with Gasteiger partial charge in [0.1, 0.15) is 29.0 Å². The number of methoxy groups -OCH3 is 1. The largest absolute Gasteiger partial charge is 0.497 e. The number of nitrogens with zero attached hydrogens (tertiary/aromatic N) is 4. The summed E-state index contributed by atoms with van der Waals surface area (Å²) in [7, 11) is 1.60. The predicted molar refractivity (Wildman–Crippen MR) is 149 cm³/mol. The monoisotopic (exact) mass is 537 g/mol. The second-order valence-corrected chi connectivity index (χ2v) is 9.61. The van der Waals surface area contributed by atoms with Crippen molar-refractivity contribution >= 4 is 17.5 Å². The van der Waals surface area contributed by atoms with Crippen molar-refractivity contribution in [3.63, 3.8) is 0 Å². The van der Waals surface area contributed by atoms with Crippen LogP contribution < -0.4 is 10.1 Å². The Kier molecular flexibility index (Phi) is 7.60. The third-order valence-corrected chi connectivity index (χ3v) is 6.98. The number of aryl methyl sites for hydroxylation is 1. The normalized spacial score (nSPS) is 12.6. The zero-order valence-corrected chi connectivity index (χ0v) is 22.3. The summed E-state index contributed by atoms with van der Waals surface area (Å²) in [5.74, 6) is 0.259. The van der Waals surface area contributed by atoms with Gasteiger partial charge in [-0.25, -0.2) is 9.07 Å². The number of anilines is 1. The van der Waals surface area contributed by atoms with Gasteiger partial charge in [0.2, 0.25) is 5.78 Å². The molecule has 3 aromatic carbocycles. The van der Waals surface area contributed by atoms with Crippen LogP contribution in [0.3, 0.4) is 0 Å². The molecule has 0 unspecified atom stereocenters. The minimum absolute atomic E-state index is 0.0106. The first-order valence-electron chi connectivity index (χ1n) is 13.0. The molecular formula is C31H28FN5O3. The van der Waals surface area contributed by atoms with Crippen molar-refractivity contribution < 1.29 is 18.7 Å². The Morgan fingerprint density at radius 3 is 2.58 bits per heavy atom. The van der Waals surface area contributed by atoms with Crippen LogP contribution in [0.1, 0.15) is 49.5 Å². The van der Waals surface area contributed by atoms with Crippen molar-refractivity contribution in [2.45, 2.75) is 19.8 Å². The maximum absolute atomic E-state index is 13.6. The Bertz CT molecular complexity index is 1600. The Morgan fingerprint density at radius 2 is 1.88 bits per heavy atom. The molecule has 9 heteroatoms. The second-order valence-electron chi connectivity index (χ2n) is 9.61. The number of halogens is 1. The molecule has 5 rings (SSSR count). The molecule has 0 saturated heterocycles. The van der Waals surface area contributed by atoms with Crippen molar-refractivity contribution in [2.24, 2.45) is 0 Å². The number of rotatable bonds is 9. The van der Waals surface area contributed by atoms with Crippen LogP contribution in [0.25, 0.3) is 5.69 Å². The van der Waals surface area contributed by atoms with Gasteiger partial charge in [0.05, 0.1) is 12.8 Å². The molecule has 0 atom stereocenters. The van der Waals surface area contributed by atoms with Gasteiger partial charge < -0.3 is 15.0 Å². The molecule has 0 bridgehead atoms. The lowest BCUT2D eigenvalue weighted by Gasteiger charge is -2.29. The van der Waals surface area contributed by atoms with E-state index in [9.17, 15) is 19.2 Å². The van der Waals surface area contributed by atoms with E-state index in [-0.39, 0.29) is 22.9 Å². The average Bonchev–Trinajstić information content (AvgIpc) is 3.34. The molecule has 0 aliphatic carbocycles. The number of benzene rings is 3. The summed E-state index contributed by atoms with van der Waals surface area (Å²) in [5.41, 5.74) is 3.70. The summed E-state index contributed by atoms with van der Waals surface area (Å²) < 4.78 is 20.4. The molecule has 202 valence electrons. The first kappa shape index (κ1) is 26.6. The van der Waals surface area contributed by atoms with E-state index in [1.807, 2.05) is 30.0 Å². The summed E-state index contributed by atoms with van der Waals surface area (Å²) in [6.45, 7) is 3.46. The second kappa shape index (κ2) is 11.4. The smallest absolute Gasteiger partial charge is 0.254 e. The Hall–Kier alpha value is -4.97. The van der Waals surface area contributed by atoms with Crippen LogP contribution in [0.5, 0.6) is 5.75 Å². The first-order valence-corrected chi connectivity index (χ1v) is 13.0. The molecule has 4 aromatic rings. The molecule has 1 aromatic heterocycles. The van der Waals surface area contributed by atoms with Crippen molar-refractivity contribution in [2.75, 3.05) is 32.1 Å². The summed E-state index contributed by atoms with van der Waals surface area (Å²) in [6, 6.07) is 20.3. The third-order valence-electron chi connectivity index (χ3n) is 6.98. The van der Waals surface area contributed by atoms with Crippen LogP contribution in [0, 0.1) is 24.1 Å². The maximum atomic E-state index is 13.6. The molecule has 0 spiro atoms. The zero-order chi connectivity index (χ0) is 28.2. The molecule has 40 heavy (non-hydrogen) atoms. The van der Waals surface area contributed by atoms with E-state index in [0.717, 1.165) is 23.3 Å². The molecule has 1 N–H and O–H groups in total. The quantitative estimate of drug-likeness (QED) is 0.240. The number of carbonyl (C=O) groups excluding carboxylic acids is 2. The van der Waals surface area contributed by atoms with Gasteiger partial charge in [-0.05, 0) is 67.8 Å². The number of hydrogen-bond donors (Lipinski definition) is 1. The lowest BCUT2D eigenvalue weighted by Crippen LogP contribution is -2.38. The fraction of sp³-hybridized carbons (Fsp3) is 0.226. The highest BCUT2D eigenvalue weighted by atomic mass is 19.1. The van der Waals surface area contributed by atoms with Crippen LogP contribution in [0.2, 0.25) is 0 Å². The first-order chi connectivity index (χ1) is 19.4. The fourth-order valence-electron chi connectivity index (χ4n) is 4.79. The average molecular weight is 538 g/mol. The number of amides is 1. The summed E-state index contributed by atoms with van der Waals surface area (Å²) in [4.78, 5) is 28.2. The van der Waals surface area contributed by atoms with Crippen LogP contribution in [0.15, 0.2) is 66.7 Å². The minimum atomic E-state index is -0.409. The van der Waals surface area contributed by atoms with Gasteiger partial charge in [0.15, 0.2) is 5.69 Å². The molecular weight excluding hydrogens is 509 g/mol. The SMILES string of the molecule is COc1ccc2c(c1)CCN(CCCNc1c(C#N)c(C(=O)c3ccc(C)cc3)nn1-c1ccc(F)cc1)C2=O. The Morgan fingerprint density at radius 1 is 1.12 bits per heavy atom. The van der Waals surface area contributed by atoms with Gasteiger partial charge in [-0.1, -0.05) is 29.8 Å². The third kappa shape index (κ3) is 5.29. The molecule has 8 nitrogen and oxygen atoms in total. The Balaban J connectivity index is 1.35. The maximum Gasteiger partial charge on any atom is 0.254 e. The van der Waals surface area contributed by atoms with E-state index in [0.29, 0.717) is 48.7 Å². The van der Waals surface area contributed by atoms with Crippen molar-refractivity contribution in [1.29, 1.82) is 5.26 Å². The van der Waals surface area contributed by atoms with E-state index in [1.54, 1.807) is 31.4 Å². The molecule has 1 aliphatic heterocycles. The molecule has 1 amide bonds. The molecule has 0 fully saturated rings. The summed E-state index contributed by atoms with van der Waals surface area (Å²) in [6.07, 6.45) is 1.34. The van der Waals surface area contributed by atoms with Crippen molar-refractivity contribution in [3.8, 4) is 17.5 Å². The van der Waals surface area contributed by atoms with Crippen LogP contribution in [0.4, 0.5) is 10.2 Å². The van der Waals surface area contributed by atoms with E-state index in [1.165, 1.54) is 28.9 Å². The van der Waals surface area contributed by atoms with Gasteiger partial charge in [0.25, 0.3) is 5.91 Å². The molecule has 0 saturated carbocycles. The van der Waals surface area contributed by atoms with Crippen molar-refractivity contribution in [1.82, 2.24) is 14.7 Å². The van der Waals surface area contributed by atoms with Crippen LogP contribution >= 0.6 is 0 Å². The summed E-state index contributed by atoms with van der Waals surface area (Å²) >= 11 is 0. The van der Waals surface area contributed by atoms with E-state index < -0.39 is 5.82 Å². The van der Waals surface area contributed by atoms with Crippen LogP contribution in [-0.4, -0.2) is 53.1 Å². The van der Waals surface area contributed by atoms with Gasteiger partial charge in [0, 0.05) is 30.8 Å². The van der Waals surface area contributed by atoms with Gasteiger partial charge >= 0.3 is 0 Å². The van der Waals surface area contributed by atoms with Gasteiger partial charge in [-0.15, -0.1) is 0 Å². The number of nitrogens with one attached hydrogen (secondary N) is 1. The van der Waals surface area contributed by atoms with E-state index in [2.05, 4.69) is 16.5 Å². The molecule has 0 radical (unpaired) electrons. The number of aromatic nitrogens is 2.